The lowest BCUT2D eigenvalue weighted by molar-refractivity contribution is 0.387. The van der Waals surface area contributed by atoms with E-state index in [0.29, 0.717) is 11.0 Å². The van der Waals surface area contributed by atoms with Crippen molar-refractivity contribution in [3.8, 4) is 5.75 Å². The Balaban J connectivity index is 2.73. The zero-order chi connectivity index (χ0) is 10.1. The maximum absolute atomic E-state index is 13.2. The zero-order valence-corrected chi connectivity index (χ0v) is 8.05. The van der Waals surface area contributed by atoms with Crippen LogP contribution in [-0.2, 0) is 0 Å². The average Bonchev–Trinajstić information content (AvgIpc) is 2.17. The molecule has 72 valence electrons. The molecule has 14 heavy (non-hydrogen) atoms. The summed E-state index contributed by atoms with van der Waals surface area (Å²) < 4.78 is 18.0. The summed E-state index contributed by atoms with van der Waals surface area (Å²) in [6.45, 7) is 0. The van der Waals surface area contributed by atoms with Crippen molar-refractivity contribution >= 4 is 22.6 Å². The molecule has 0 bridgehead atoms. The Bertz CT molecular complexity index is 489. The van der Waals surface area contributed by atoms with E-state index in [4.69, 9.17) is 16.3 Å². The fourth-order valence-corrected chi connectivity index (χ4v) is 1.29. The fourth-order valence-electron chi connectivity index (χ4n) is 1.15. The van der Waals surface area contributed by atoms with Crippen molar-refractivity contribution < 1.29 is 9.13 Å². The first kappa shape index (κ1) is 9.15. The van der Waals surface area contributed by atoms with Crippen LogP contribution < -0.4 is 4.74 Å². The van der Waals surface area contributed by atoms with Gasteiger partial charge in [-0.2, -0.15) is 0 Å². The van der Waals surface area contributed by atoms with E-state index in [2.05, 4.69) is 9.97 Å². The highest BCUT2D eigenvalue weighted by Gasteiger charge is 2.06. The zero-order valence-electron chi connectivity index (χ0n) is 7.29. The lowest BCUT2D eigenvalue weighted by Gasteiger charge is -2.02. The van der Waals surface area contributed by atoms with Crippen LogP contribution in [-0.4, -0.2) is 17.1 Å². The molecule has 0 aliphatic heterocycles. The van der Waals surface area contributed by atoms with Crippen molar-refractivity contribution in [2.24, 2.45) is 0 Å². The van der Waals surface area contributed by atoms with E-state index >= 15 is 0 Å². The lowest BCUT2D eigenvalue weighted by Crippen LogP contribution is -1.91. The van der Waals surface area contributed by atoms with Gasteiger partial charge < -0.3 is 4.74 Å². The highest BCUT2D eigenvalue weighted by molar-refractivity contribution is 6.29. The van der Waals surface area contributed by atoms with E-state index in [1.54, 1.807) is 0 Å². The maximum Gasteiger partial charge on any atom is 0.167 e. The quantitative estimate of drug-likeness (QED) is 0.728. The van der Waals surface area contributed by atoms with Crippen LogP contribution in [0.1, 0.15) is 0 Å². The lowest BCUT2D eigenvalue weighted by atomic mass is 10.3. The van der Waals surface area contributed by atoms with Crippen LogP contribution in [0.3, 0.4) is 0 Å². The molecule has 0 spiro atoms. The molecule has 3 nitrogen and oxygen atoms in total. The molecule has 1 aromatic carbocycles. The average molecular weight is 213 g/mol. The second kappa shape index (κ2) is 3.38. The molecule has 5 heteroatoms. The van der Waals surface area contributed by atoms with Crippen LogP contribution >= 0.6 is 11.6 Å². The third-order valence-corrected chi connectivity index (χ3v) is 1.97. The molecule has 2 aromatic rings. The number of nitrogens with zero attached hydrogens (tertiary/aromatic N) is 2. The van der Waals surface area contributed by atoms with Crippen molar-refractivity contribution in [1.29, 1.82) is 0 Å². The molecule has 0 radical (unpaired) electrons. The molecule has 0 saturated carbocycles. The third kappa shape index (κ3) is 1.48. The first-order valence-corrected chi connectivity index (χ1v) is 4.24. The summed E-state index contributed by atoms with van der Waals surface area (Å²) in [4.78, 5) is 7.91. The van der Waals surface area contributed by atoms with Gasteiger partial charge >= 0.3 is 0 Å². The van der Waals surface area contributed by atoms with E-state index in [0.717, 1.165) is 0 Å². The van der Waals surface area contributed by atoms with E-state index in [1.165, 1.54) is 25.4 Å². The normalized spacial score (nSPS) is 10.5. The van der Waals surface area contributed by atoms with Crippen LogP contribution in [0.15, 0.2) is 18.3 Å². The number of methoxy groups -OCH3 is 1. The summed E-state index contributed by atoms with van der Waals surface area (Å²) in [5.74, 6) is -0.328. The van der Waals surface area contributed by atoms with Gasteiger partial charge in [0.1, 0.15) is 5.15 Å². The number of benzene rings is 1. The first-order valence-electron chi connectivity index (χ1n) is 3.86. The standard InChI is InChI=1S/C9H6ClFN2O/c1-14-8-3-7-6(2-5(8)11)12-4-9(10)13-7/h2-4H,1H3. The predicted octanol–water partition coefficient (Wildman–Crippen LogP) is 2.43. The molecule has 0 aliphatic rings. The Morgan fingerprint density at radius 2 is 2.14 bits per heavy atom. The molecule has 0 N–H and O–H groups in total. The topological polar surface area (TPSA) is 35.0 Å². The van der Waals surface area contributed by atoms with Crippen molar-refractivity contribution in [2.45, 2.75) is 0 Å². The van der Waals surface area contributed by atoms with Gasteiger partial charge in [-0.3, -0.25) is 4.98 Å². The Labute approximate surface area is 84.5 Å². The molecule has 0 saturated heterocycles. The Morgan fingerprint density at radius 1 is 1.36 bits per heavy atom. The van der Waals surface area contributed by atoms with E-state index in [1.807, 2.05) is 0 Å². The Hall–Kier alpha value is -1.42. The molecule has 0 fully saturated rings. The molecule has 0 atom stereocenters. The number of fused-ring (bicyclic) bond motifs is 1. The SMILES string of the molecule is COc1cc2nc(Cl)cnc2cc1F. The number of rotatable bonds is 1. The smallest absolute Gasteiger partial charge is 0.167 e. The van der Waals surface area contributed by atoms with Gasteiger partial charge in [0, 0.05) is 12.1 Å². The number of hydrogen-bond acceptors (Lipinski definition) is 3. The fraction of sp³-hybridized carbons (Fsp3) is 0.111. The van der Waals surface area contributed by atoms with Crippen molar-refractivity contribution in [1.82, 2.24) is 9.97 Å². The Morgan fingerprint density at radius 3 is 2.86 bits per heavy atom. The number of hydrogen-bond donors (Lipinski definition) is 0. The summed E-state index contributed by atoms with van der Waals surface area (Å²) in [5.41, 5.74) is 0.962. The van der Waals surface area contributed by atoms with Gasteiger partial charge in [0.05, 0.1) is 24.3 Å². The number of halogens is 2. The van der Waals surface area contributed by atoms with Gasteiger partial charge in [0.2, 0.25) is 0 Å². The van der Waals surface area contributed by atoms with E-state index in [-0.39, 0.29) is 10.9 Å². The van der Waals surface area contributed by atoms with Gasteiger partial charge in [-0.1, -0.05) is 11.6 Å². The highest BCUT2D eigenvalue weighted by Crippen LogP contribution is 2.22. The molecule has 0 unspecified atom stereocenters. The maximum atomic E-state index is 13.2. The minimum absolute atomic E-state index is 0.133. The van der Waals surface area contributed by atoms with Crippen molar-refractivity contribution in [3.63, 3.8) is 0 Å². The molecule has 2 rings (SSSR count). The molecular weight excluding hydrogens is 207 g/mol. The van der Waals surface area contributed by atoms with Crippen LogP contribution in [0.25, 0.3) is 11.0 Å². The van der Waals surface area contributed by atoms with Crippen molar-refractivity contribution in [2.75, 3.05) is 7.11 Å². The van der Waals surface area contributed by atoms with Crippen LogP contribution in [0.5, 0.6) is 5.75 Å². The largest absolute Gasteiger partial charge is 0.494 e. The predicted molar refractivity (Wildman–Crippen MR) is 51.1 cm³/mol. The molecule has 1 heterocycles. The van der Waals surface area contributed by atoms with Crippen LogP contribution in [0, 0.1) is 5.82 Å². The molecule has 0 amide bonds. The minimum atomic E-state index is -0.461. The highest BCUT2D eigenvalue weighted by atomic mass is 35.5. The Kier molecular flexibility index (Phi) is 2.21. The summed E-state index contributed by atoms with van der Waals surface area (Å²) in [7, 11) is 1.39. The minimum Gasteiger partial charge on any atom is -0.494 e. The summed E-state index contributed by atoms with van der Waals surface area (Å²) in [6.07, 6.45) is 1.37. The van der Waals surface area contributed by atoms with Gasteiger partial charge in [-0.05, 0) is 0 Å². The van der Waals surface area contributed by atoms with Gasteiger partial charge in [0.15, 0.2) is 11.6 Å². The second-order valence-corrected chi connectivity index (χ2v) is 3.06. The van der Waals surface area contributed by atoms with E-state index < -0.39 is 5.82 Å². The van der Waals surface area contributed by atoms with Crippen molar-refractivity contribution in [3.05, 3.63) is 29.3 Å². The van der Waals surface area contributed by atoms with Gasteiger partial charge in [-0.15, -0.1) is 0 Å². The number of aromatic nitrogens is 2. The number of ether oxygens (including phenoxy) is 1. The monoisotopic (exact) mass is 212 g/mol. The first-order chi connectivity index (χ1) is 6.70. The summed E-state index contributed by atoms with van der Waals surface area (Å²) in [5, 5.41) is 0.270. The summed E-state index contributed by atoms with van der Waals surface area (Å²) in [6, 6.07) is 2.72. The second-order valence-electron chi connectivity index (χ2n) is 2.67. The molecular formula is C9H6ClFN2O. The van der Waals surface area contributed by atoms with Gasteiger partial charge in [-0.25, -0.2) is 9.37 Å². The van der Waals surface area contributed by atoms with E-state index in [9.17, 15) is 4.39 Å². The van der Waals surface area contributed by atoms with Gasteiger partial charge in [0.25, 0.3) is 0 Å². The molecule has 0 aliphatic carbocycles. The summed E-state index contributed by atoms with van der Waals surface area (Å²) >= 11 is 5.65. The molecule has 1 aromatic heterocycles. The third-order valence-electron chi connectivity index (χ3n) is 1.79. The van der Waals surface area contributed by atoms with Crippen LogP contribution in [0.4, 0.5) is 4.39 Å². The van der Waals surface area contributed by atoms with Crippen LogP contribution in [0.2, 0.25) is 5.15 Å².